The Bertz CT molecular complexity index is 507. The van der Waals surface area contributed by atoms with E-state index in [1.54, 1.807) is 13.8 Å². The lowest BCUT2D eigenvalue weighted by Crippen LogP contribution is -2.04. The largest absolute Gasteiger partial charge is 0.502 e. The minimum atomic E-state index is -0.680. The molecule has 0 amide bonds. The first-order valence-electron chi connectivity index (χ1n) is 5.28. The van der Waals surface area contributed by atoms with E-state index in [9.17, 15) is 20.0 Å². The molecule has 6 nitrogen and oxygen atoms in total. The van der Waals surface area contributed by atoms with E-state index in [0.717, 1.165) is 0 Å². The van der Waals surface area contributed by atoms with Crippen LogP contribution in [0, 0.1) is 10.1 Å². The quantitative estimate of drug-likeness (QED) is 0.383. The van der Waals surface area contributed by atoms with Gasteiger partial charge in [-0.3, -0.25) is 10.1 Å². The molecular formula is C12H13NO5. The summed E-state index contributed by atoms with van der Waals surface area (Å²) in [5, 5.41) is 19.9. The van der Waals surface area contributed by atoms with Crippen molar-refractivity contribution in [1.82, 2.24) is 0 Å². The topological polar surface area (TPSA) is 89.7 Å². The second kappa shape index (κ2) is 5.81. The third kappa shape index (κ3) is 3.31. The van der Waals surface area contributed by atoms with Crippen LogP contribution in [0.5, 0.6) is 5.75 Å². The van der Waals surface area contributed by atoms with E-state index in [2.05, 4.69) is 0 Å². The molecule has 18 heavy (non-hydrogen) atoms. The van der Waals surface area contributed by atoms with E-state index in [1.807, 2.05) is 0 Å². The van der Waals surface area contributed by atoms with Crippen molar-refractivity contribution < 1.29 is 19.6 Å². The lowest BCUT2D eigenvalue weighted by molar-refractivity contribution is -0.385. The summed E-state index contributed by atoms with van der Waals surface area (Å²) >= 11 is 0. The summed E-state index contributed by atoms with van der Waals surface area (Å²) in [6.45, 7) is 3.54. The molecule has 0 aliphatic rings. The number of hydrogen-bond acceptors (Lipinski definition) is 5. The molecule has 0 heterocycles. The number of nitro groups is 1. The number of hydrogen-bond donors (Lipinski definition) is 1. The van der Waals surface area contributed by atoms with Crippen LogP contribution >= 0.6 is 0 Å². The van der Waals surface area contributed by atoms with Crippen molar-refractivity contribution in [2.24, 2.45) is 0 Å². The SMILES string of the molecule is CCOC(=O)C(C)=Cc1ccc([N+](=O)[O-])c(O)c1. The molecule has 0 saturated heterocycles. The average molecular weight is 251 g/mol. The molecular weight excluding hydrogens is 238 g/mol. The van der Waals surface area contributed by atoms with Crippen LogP contribution in [-0.2, 0) is 9.53 Å². The van der Waals surface area contributed by atoms with E-state index >= 15 is 0 Å². The van der Waals surface area contributed by atoms with Crippen LogP contribution < -0.4 is 0 Å². The first-order chi connectivity index (χ1) is 8.45. The summed E-state index contributed by atoms with van der Waals surface area (Å²) in [7, 11) is 0. The lowest BCUT2D eigenvalue weighted by Gasteiger charge is -2.02. The van der Waals surface area contributed by atoms with Crippen molar-refractivity contribution >= 4 is 17.7 Å². The lowest BCUT2D eigenvalue weighted by atomic mass is 10.1. The molecule has 0 radical (unpaired) electrons. The average Bonchev–Trinajstić information content (AvgIpc) is 2.28. The number of carbonyl (C=O) groups is 1. The molecule has 96 valence electrons. The maximum Gasteiger partial charge on any atom is 0.333 e. The first-order valence-corrected chi connectivity index (χ1v) is 5.28. The Hall–Kier alpha value is -2.37. The van der Waals surface area contributed by atoms with E-state index < -0.39 is 16.6 Å². The van der Waals surface area contributed by atoms with Gasteiger partial charge < -0.3 is 9.84 Å². The molecule has 0 aliphatic heterocycles. The summed E-state index contributed by atoms with van der Waals surface area (Å²) in [6.07, 6.45) is 1.49. The highest BCUT2D eigenvalue weighted by atomic mass is 16.6. The molecule has 1 N–H and O–H groups in total. The molecule has 1 aromatic rings. The molecule has 1 aromatic carbocycles. The fraction of sp³-hybridized carbons (Fsp3) is 0.250. The van der Waals surface area contributed by atoms with Gasteiger partial charge in [0.05, 0.1) is 11.5 Å². The zero-order valence-corrected chi connectivity index (χ0v) is 10.0. The molecule has 1 rings (SSSR count). The monoisotopic (exact) mass is 251 g/mol. The van der Waals surface area contributed by atoms with Crippen LogP contribution in [0.2, 0.25) is 0 Å². The number of benzene rings is 1. The molecule has 0 bridgehead atoms. The molecule has 0 aliphatic carbocycles. The van der Waals surface area contributed by atoms with E-state index in [1.165, 1.54) is 24.3 Å². The van der Waals surface area contributed by atoms with Gasteiger partial charge in [-0.25, -0.2) is 4.79 Å². The van der Waals surface area contributed by atoms with E-state index in [-0.39, 0.29) is 12.3 Å². The second-order valence-corrected chi connectivity index (χ2v) is 3.55. The second-order valence-electron chi connectivity index (χ2n) is 3.55. The summed E-state index contributed by atoms with van der Waals surface area (Å²) in [5.74, 6) is -0.902. The van der Waals surface area contributed by atoms with Crippen LogP contribution in [0.25, 0.3) is 6.08 Å². The Kier molecular flexibility index (Phi) is 4.42. The third-order valence-corrected chi connectivity index (χ3v) is 2.18. The van der Waals surface area contributed by atoms with Gasteiger partial charge in [0.15, 0.2) is 5.75 Å². The Morgan fingerprint density at radius 1 is 1.56 bits per heavy atom. The van der Waals surface area contributed by atoms with Gasteiger partial charge in [-0.05, 0) is 37.6 Å². The minimum Gasteiger partial charge on any atom is -0.502 e. The highest BCUT2D eigenvalue weighted by Crippen LogP contribution is 2.27. The number of ether oxygens (including phenoxy) is 1. The molecule has 0 fully saturated rings. The first kappa shape index (κ1) is 13.7. The highest BCUT2D eigenvalue weighted by Gasteiger charge is 2.13. The number of carbonyl (C=O) groups excluding carboxylic acids is 1. The summed E-state index contributed by atoms with van der Waals surface area (Å²) in [6, 6.07) is 3.85. The van der Waals surface area contributed by atoms with Gasteiger partial charge in [-0.15, -0.1) is 0 Å². The van der Waals surface area contributed by atoms with Crippen LogP contribution in [0.1, 0.15) is 19.4 Å². The van der Waals surface area contributed by atoms with Crippen LogP contribution in [-0.4, -0.2) is 22.6 Å². The Morgan fingerprint density at radius 3 is 2.72 bits per heavy atom. The van der Waals surface area contributed by atoms with E-state index in [0.29, 0.717) is 11.1 Å². The fourth-order valence-corrected chi connectivity index (χ4v) is 1.34. The van der Waals surface area contributed by atoms with Crippen molar-refractivity contribution in [1.29, 1.82) is 0 Å². The Balaban J connectivity index is 2.99. The summed E-state index contributed by atoms with van der Waals surface area (Å²) < 4.78 is 4.79. The zero-order chi connectivity index (χ0) is 13.7. The van der Waals surface area contributed by atoms with Crippen LogP contribution in [0.15, 0.2) is 23.8 Å². The predicted molar refractivity (Wildman–Crippen MR) is 65.0 cm³/mol. The number of aromatic hydroxyl groups is 1. The number of esters is 1. The van der Waals surface area contributed by atoms with Gasteiger partial charge in [-0.2, -0.15) is 0 Å². The van der Waals surface area contributed by atoms with E-state index in [4.69, 9.17) is 4.74 Å². The summed E-state index contributed by atoms with van der Waals surface area (Å²) in [5.41, 5.74) is 0.467. The van der Waals surface area contributed by atoms with Crippen molar-refractivity contribution in [3.63, 3.8) is 0 Å². The maximum absolute atomic E-state index is 11.3. The standard InChI is InChI=1S/C12H13NO5/c1-3-18-12(15)8(2)6-9-4-5-10(13(16)17)11(14)7-9/h4-7,14H,3H2,1-2H3. The van der Waals surface area contributed by atoms with Crippen LogP contribution in [0.4, 0.5) is 5.69 Å². The van der Waals surface area contributed by atoms with Gasteiger partial charge in [-0.1, -0.05) is 0 Å². The van der Waals surface area contributed by atoms with Crippen molar-refractivity contribution in [2.75, 3.05) is 6.61 Å². The number of nitro benzene ring substituents is 1. The number of rotatable bonds is 4. The smallest absolute Gasteiger partial charge is 0.333 e. The van der Waals surface area contributed by atoms with Gasteiger partial charge in [0.1, 0.15) is 0 Å². The molecule has 0 saturated carbocycles. The number of phenols is 1. The number of phenolic OH excluding ortho intramolecular Hbond substituents is 1. The Morgan fingerprint density at radius 2 is 2.22 bits per heavy atom. The number of nitrogens with zero attached hydrogens (tertiary/aromatic N) is 1. The predicted octanol–water partition coefficient (Wildman–Crippen LogP) is 2.27. The minimum absolute atomic E-state index is 0.273. The molecule has 0 aromatic heterocycles. The van der Waals surface area contributed by atoms with Gasteiger partial charge in [0.25, 0.3) is 0 Å². The fourth-order valence-electron chi connectivity index (χ4n) is 1.34. The molecule has 6 heteroatoms. The van der Waals surface area contributed by atoms with Crippen molar-refractivity contribution in [3.8, 4) is 5.75 Å². The van der Waals surface area contributed by atoms with Gasteiger partial charge >= 0.3 is 11.7 Å². The normalized spacial score (nSPS) is 11.1. The summed E-state index contributed by atoms with van der Waals surface area (Å²) in [4.78, 5) is 21.2. The molecule has 0 unspecified atom stereocenters. The van der Waals surface area contributed by atoms with Crippen LogP contribution in [0.3, 0.4) is 0 Å². The van der Waals surface area contributed by atoms with Gasteiger partial charge in [0.2, 0.25) is 0 Å². The third-order valence-electron chi connectivity index (χ3n) is 2.18. The van der Waals surface area contributed by atoms with Crippen molar-refractivity contribution in [3.05, 3.63) is 39.4 Å². The zero-order valence-electron chi connectivity index (χ0n) is 10.0. The highest BCUT2D eigenvalue weighted by molar-refractivity contribution is 5.93. The van der Waals surface area contributed by atoms with Crippen molar-refractivity contribution in [2.45, 2.75) is 13.8 Å². The Labute approximate surface area is 104 Å². The molecule has 0 spiro atoms. The maximum atomic E-state index is 11.3. The molecule has 0 atom stereocenters. The van der Waals surface area contributed by atoms with Gasteiger partial charge in [0, 0.05) is 11.6 Å².